The second-order valence-corrected chi connectivity index (χ2v) is 11.6. The van der Waals surface area contributed by atoms with Crippen molar-refractivity contribution in [3.05, 3.63) is 17.1 Å². The van der Waals surface area contributed by atoms with E-state index >= 15 is 0 Å². The Balaban J connectivity index is 1.45. The molecule has 10 N–H and O–H groups in total. The molecule has 0 aliphatic carbocycles. The predicted molar refractivity (Wildman–Crippen MR) is 146 cm³/mol. The number of nitrogens with zero attached hydrogens (tertiary/aromatic N) is 5. The van der Waals surface area contributed by atoms with E-state index in [1.54, 1.807) is 7.05 Å². The number of hydrogen-bond acceptors (Lipinski definition) is 15. The molecule has 4 rings (SSSR count). The number of nitrogen functional groups attached to an aromatic ring is 3. The second-order valence-electron chi connectivity index (χ2n) is 8.64. The van der Waals surface area contributed by atoms with Gasteiger partial charge in [0.15, 0.2) is 10.8 Å². The maximum absolute atomic E-state index is 13.0. The van der Waals surface area contributed by atoms with Gasteiger partial charge in [-0.25, -0.2) is 9.78 Å². The minimum atomic E-state index is -1.33. The first-order chi connectivity index (χ1) is 19.0. The van der Waals surface area contributed by atoms with Gasteiger partial charge in [-0.2, -0.15) is 0 Å². The molecule has 2 aliphatic rings. The van der Waals surface area contributed by atoms with Crippen molar-refractivity contribution in [2.24, 2.45) is 10.6 Å². The van der Waals surface area contributed by atoms with Crippen molar-refractivity contribution in [3.8, 4) is 0 Å². The first kappa shape index (κ1) is 29.0. The maximum Gasteiger partial charge on any atom is 0.344 e. The van der Waals surface area contributed by atoms with Crippen LogP contribution in [-0.2, 0) is 24.0 Å². The molecule has 0 aromatic carbocycles. The zero-order valence-electron chi connectivity index (χ0n) is 20.8. The van der Waals surface area contributed by atoms with E-state index in [1.165, 1.54) is 32.8 Å². The number of fused-ring (bicyclic) bond motifs is 1. The Morgan fingerprint density at radius 2 is 2.10 bits per heavy atom. The lowest BCUT2D eigenvalue weighted by Gasteiger charge is -2.53. The van der Waals surface area contributed by atoms with E-state index in [4.69, 9.17) is 27.3 Å². The molecule has 2 amide bonds. The monoisotopic (exact) mass is 613 g/mol. The highest BCUT2D eigenvalue weighted by Crippen LogP contribution is 2.44. The summed E-state index contributed by atoms with van der Waals surface area (Å²) in [5.41, 5.74) is 9.82. The summed E-state index contributed by atoms with van der Waals surface area (Å²) in [7, 11) is 1.65. The standard InChI is InChI=1S/C20H24N10O7S3/c1-24-10-2-9(21)26-19(30(10)23)40-7-20(17(35)36)5-29-15(34)13(16(29)39-6-20)27-14(33)12(28-37-3-11(31)32)8-4-38-18(22)25-8/h2,4,13,16H,3,5-7,23H2,1H3,(H7,21,22,24,25,27,31,32,33,35,36)/p+1/t13?,16-,20?/m1/s1. The van der Waals surface area contributed by atoms with Gasteiger partial charge in [0.2, 0.25) is 24.1 Å². The number of anilines is 3. The third kappa shape index (κ3) is 5.77. The quantitative estimate of drug-likeness (QED) is 0.0270. The molecule has 2 saturated heterocycles. The molecule has 2 fully saturated rings. The molecular formula is C20H25N10O7S3+. The number of aliphatic carboxylic acids is 2. The minimum absolute atomic E-state index is 0.0426. The van der Waals surface area contributed by atoms with Crippen LogP contribution in [0.1, 0.15) is 5.69 Å². The Hall–Kier alpha value is -4.04. The third-order valence-electron chi connectivity index (χ3n) is 5.92. The Bertz CT molecular complexity index is 1390. The van der Waals surface area contributed by atoms with Crippen LogP contribution in [0.4, 0.5) is 16.8 Å². The molecule has 20 heteroatoms. The van der Waals surface area contributed by atoms with Crippen LogP contribution in [0.3, 0.4) is 0 Å². The van der Waals surface area contributed by atoms with Crippen LogP contribution in [0.5, 0.6) is 0 Å². The number of hydrogen-bond donors (Lipinski definition) is 7. The molecular weight excluding hydrogens is 588 g/mol. The van der Waals surface area contributed by atoms with Crippen molar-refractivity contribution in [2.75, 3.05) is 54.3 Å². The smallest absolute Gasteiger partial charge is 0.344 e. The van der Waals surface area contributed by atoms with E-state index in [0.29, 0.717) is 5.82 Å². The van der Waals surface area contributed by atoms with Crippen LogP contribution in [-0.4, -0.2) is 97.7 Å². The van der Waals surface area contributed by atoms with Crippen LogP contribution in [0.15, 0.2) is 21.8 Å². The number of β-lactam (4-membered cyclic amide) rings is 1. The van der Waals surface area contributed by atoms with Gasteiger partial charge in [-0.3, -0.25) is 20.2 Å². The van der Waals surface area contributed by atoms with Crippen LogP contribution < -0.4 is 32.6 Å². The van der Waals surface area contributed by atoms with Gasteiger partial charge in [0.25, 0.3) is 5.91 Å². The molecule has 0 saturated carbocycles. The number of thioether (sulfide) groups is 2. The second kappa shape index (κ2) is 11.6. The summed E-state index contributed by atoms with van der Waals surface area (Å²) in [5.74, 6) is 3.18. The Labute approximate surface area is 238 Å². The number of aromatic nitrogens is 3. The van der Waals surface area contributed by atoms with E-state index in [9.17, 15) is 24.3 Å². The zero-order chi connectivity index (χ0) is 29.2. The highest BCUT2D eigenvalue weighted by molar-refractivity contribution is 8.00. The van der Waals surface area contributed by atoms with Gasteiger partial charge >= 0.3 is 17.1 Å². The van der Waals surface area contributed by atoms with E-state index in [2.05, 4.69) is 25.8 Å². The Morgan fingerprint density at radius 3 is 2.73 bits per heavy atom. The lowest BCUT2D eigenvalue weighted by molar-refractivity contribution is -0.667. The molecule has 4 heterocycles. The van der Waals surface area contributed by atoms with Gasteiger partial charge in [0, 0.05) is 30.5 Å². The summed E-state index contributed by atoms with van der Waals surface area (Å²) >= 11 is 3.33. The van der Waals surface area contributed by atoms with Crippen molar-refractivity contribution in [3.63, 3.8) is 0 Å². The average molecular weight is 614 g/mol. The van der Waals surface area contributed by atoms with Gasteiger partial charge in [-0.05, 0) is 11.8 Å². The fourth-order valence-electron chi connectivity index (χ4n) is 3.87. The number of rotatable bonds is 11. The predicted octanol–water partition coefficient (Wildman–Crippen LogP) is -2.19. The topological polar surface area (TPSA) is 265 Å². The van der Waals surface area contributed by atoms with Gasteiger partial charge in [0.1, 0.15) is 22.5 Å². The SMILES string of the molecule is CNc1cc(N)nc(SCC2(C(=O)O)CS[C@@H]3C(NC(=O)C(=NOCC(=O)O)c4csc(N)n4)C(=O)N3C2)[n+]1N. The summed E-state index contributed by atoms with van der Waals surface area (Å²) in [5, 5.41) is 29.3. The van der Waals surface area contributed by atoms with Crippen LogP contribution in [0.2, 0.25) is 0 Å². The van der Waals surface area contributed by atoms with E-state index < -0.39 is 47.2 Å². The molecule has 0 bridgehead atoms. The summed E-state index contributed by atoms with van der Waals surface area (Å²) in [6.07, 6.45) is 0. The Morgan fingerprint density at radius 1 is 1.35 bits per heavy atom. The average Bonchev–Trinajstić information content (AvgIpc) is 3.34. The van der Waals surface area contributed by atoms with Crippen molar-refractivity contribution in [2.45, 2.75) is 16.6 Å². The minimum Gasteiger partial charge on any atom is -0.481 e. The molecule has 214 valence electrons. The maximum atomic E-state index is 13.0. The van der Waals surface area contributed by atoms with E-state index in [1.807, 2.05) is 0 Å². The summed E-state index contributed by atoms with van der Waals surface area (Å²) in [4.78, 5) is 63.4. The number of thiazole rings is 1. The first-order valence-corrected chi connectivity index (χ1v) is 14.2. The highest BCUT2D eigenvalue weighted by Gasteiger charge is 2.57. The normalized spacial score (nSPS) is 22.2. The van der Waals surface area contributed by atoms with Crippen molar-refractivity contribution < 1.29 is 38.9 Å². The molecule has 40 heavy (non-hydrogen) atoms. The number of carboxylic acid groups (broad SMARTS) is 2. The van der Waals surface area contributed by atoms with Crippen molar-refractivity contribution in [1.29, 1.82) is 0 Å². The van der Waals surface area contributed by atoms with Crippen molar-refractivity contribution in [1.82, 2.24) is 20.2 Å². The van der Waals surface area contributed by atoms with Gasteiger partial charge in [0.05, 0.1) is 6.07 Å². The largest absolute Gasteiger partial charge is 0.481 e. The third-order valence-corrected chi connectivity index (χ3v) is 9.42. The molecule has 2 unspecified atom stereocenters. The lowest BCUT2D eigenvalue weighted by Crippen LogP contribution is -2.74. The molecule has 2 aromatic rings. The fraction of sp³-hybridized carbons (Fsp3) is 0.400. The van der Waals surface area contributed by atoms with Gasteiger partial charge < -0.3 is 42.1 Å². The van der Waals surface area contributed by atoms with Crippen molar-refractivity contribution >= 4 is 81.1 Å². The summed E-state index contributed by atoms with van der Waals surface area (Å²) < 4.78 is 1.25. The number of nitrogens with one attached hydrogen (secondary N) is 2. The van der Waals surface area contributed by atoms with Crippen LogP contribution >= 0.6 is 34.9 Å². The molecule has 3 atom stereocenters. The number of carboxylic acids is 2. The molecule has 17 nitrogen and oxygen atoms in total. The molecule has 2 aliphatic heterocycles. The van der Waals surface area contributed by atoms with Crippen LogP contribution in [0.25, 0.3) is 0 Å². The molecule has 2 aromatic heterocycles. The molecule has 0 spiro atoms. The van der Waals surface area contributed by atoms with Gasteiger partial charge in [-0.15, -0.1) is 27.8 Å². The summed E-state index contributed by atoms with van der Waals surface area (Å²) in [6.45, 7) is -0.902. The first-order valence-electron chi connectivity index (χ1n) is 11.3. The lowest BCUT2D eigenvalue weighted by atomic mass is 9.89. The number of carbonyl (C=O) groups excluding carboxylic acids is 2. The Kier molecular flexibility index (Phi) is 8.40. The number of amides is 2. The van der Waals surface area contributed by atoms with Crippen LogP contribution in [0, 0.1) is 5.41 Å². The number of oxime groups is 1. The fourth-order valence-corrected chi connectivity index (χ4v) is 7.22. The van der Waals surface area contributed by atoms with Gasteiger partial charge in [-0.1, -0.05) is 10.1 Å². The van der Waals surface area contributed by atoms with E-state index in [-0.39, 0.29) is 45.6 Å². The number of carbonyl (C=O) groups is 4. The van der Waals surface area contributed by atoms with E-state index in [0.717, 1.165) is 23.1 Å². The number of nitrogens with two attached hydrogens (primary N) is 3. The summed E-state index contributed by atoms with van der Waals surface area (Å²) in [6, 6.07) is 0.556. The molecule has 0 radical (unpaired) electrons. The zero-order valence-corrected chi connectivity index (χ0v) is 23.2. The highest BCUT2D eigenvalue weighted by atomic mass is 32.2.